The topological polar surface area (TPSA) is 62.6 Å². The van der Waals surface area contributed by atoms with Crippen LogP contribution in [-0.2, 0) is 0 Å². The third-order valence-electron chi connectivity index (χ3n) is 8.59. The van der Waals surface area contributed by atoms with E-state index in [-0.39, 0.29) is 11.5 Å². The summed E-state index contributed by atoms with van der Waals surface area (Å²) in [5.74, 6) is 2.61. The molecule has 0 spiro atoms. The van der Waals surface area contributed by atoms with Crippen LogP contribution < -0.4 is 4.74 Å². The highest BCUT2D eigenvalue weighted by molar-refractivity contribution is 5.19. The number of aliphatic hydroxyl groups is 2. The van der Waals surface area contributed by atoms with Gasteiger partial charge in [0.05, 0.1) is 12.7 Å². The van der Waals surface area contributed by atoms with Crippen molar-refractivity contribution in [1.82, 2.24) is 4.98 Å². The fourth-order valence-electron chi connectivity index (χ4n) is 6.35. The molecular formula is C25H39NO3. The Morgan fingerprint density at radius 1 is 1.10 bits per heavy atom. The molecule has 3 aliphatic carbocycles. The van der Waals surface area contributed by atoms with E-state index in [0.717, 1.165) is 38.2 Å². The van der Waals surface area contributed by atoms with Gasteiger partial charge in [0.2, 0.25) is 5.88 Å². The van der Waals surface area contributed by atoms with Crippen molar-refractivity contribution in [2.75, 3.05) is 13.7 Å². The van der Waals surface area contributed by atoms with Crippen LogP contribution in [0.5, 0.6) is 5.88 Å². The number of ether oxygens (including phenoxy) is 1. The number of allylic oxidation sites excluding steroid dienone is 1. The van der Waals surface area contributed by atoms with E-state index >= 15 is 0 Å². The van der Waals surface area contributed by atoms with E-state index in [1.807, 2.05) is 18.2 Å². The first-order chi connectivity index (χ1) is 13.9. The number of pyridine rings is 1. The Kier molecular flexibility index (Phi) is 7.06. The molecule has 4 heteroatoms. The second-order valence-electron chi connectivity index (χ2n) is 9.84. The van der Waals surface area contributed by atoms with Crippen molar-refractivity contribution in [3.05, 3.63) is 36.5 Å². The van der Waals surface area contributed by atoms with Crippen LogP contribution in [0.1, 0.15) is 65.2 Å². The van der Waals surface area contributed by atoms with Crippen molar-refractivity contribution in [3.63, 3.8) is 0 Å². The molecule has 4 rings (SSSR count). The minimum Gasteiger partial charge on any atom is -0.477 e. The summed E-state index contributed by atoms with van der Waals surface area (Å²) in [5, 5.41) is 17.4. The molecule has 6 atom stereocenters. The quantitative estimate of drug-likeness (QED) is 0.696. The van der Waals surface area contributed by atoms with Gasteiger partial charge in [-0.05, 0) is 80.1 Å². The largest absolute Gasteiger partial charge is 0.477 e. The summed E-state index contributed by atoms with van der Waals surface area (Å²) < 4.78 is 6.07. The molecule has 0 aromatic carbocycles. The molecule has 2 N–H and O–H groups in total. The summed E-state index contributed by atoms with van der Waals surface area (Å²) in [4.78, 5) is 4.31. The fourth-order valence-corrected chi connectivity index (χ4v) is 6.35. The molecular weight excluding hydrogens is 362 g/mol. The van der Waals surface area contributed by atoms with Crippen molar-refractivity contribution >= 4 is 0 Å². The highest BCUT2D eigenvalue weighted by Crippen LogP contribution is 2.61. The minimum atomic E-state index is -0.185. The van der Waals surface area contributed by atoms with E-state index in [4.69, 9.17) is 9.84 Å². The summed E-state index contributed by atoms with van der Waals surface area (Å²) in [7, 11) is 1.00. The molecule has 3 aliphatic rings. The Labute approximate surface area is 176 Å². The minimum absolute atomic E-state index is 0.185. The molecule has 0 radical (unpaired) electrons. The second-order valence-corrected chi connectivity index (χ2v) is 9.84. The van der Waals surface area contributed by atoms with Crippen LogP contribution in [0.3, 0.4) is 0 Å². The van der Waals surface area contributed by atoms with Crippen molar-refractivity contribution in [3.8, 4) is 5.88 Å². The molecule has 3 saturated carbocycles. The summed E-state index contributed by atoms with van der Waals surface area (Å²) in [6.07, 6.45) is 10.9. The first kappa shape index (κ1) is 22.3. The van der Waals surface area contributed by atoms with Crippen molar-refractivity contribution in [1.29, 1.82) is 0 Å². The lowest BCUT2D eigenvalue weighted by Gasteiger charge is -2.53. The fraction of sp³-hybridized carbons (Fsp3) is 0.720. The molecule has 1 aromatic rings. The van der Waals surface area contributed by atoms with Crippen molar-refractivity contribution in [2.24, 2.45) is 28.6 Å². The zero-order valence-corrected chi connectivity index (χ0v) is 18.4. The predicted molar refractivity (Wildman–Crippen MR) is 117 cm³/mol. The lowest BCUT2D eigenvalue weighted by molar-refractivity contribution is -0.0631. The number of hydrogen-bond donors (Lipinski definition) is 2. The van der Waals surface area contributed by atoms with Gasteiger partial charge in [0.25, 0.3) is 0 Å². The molecule has 0 saturated heterocycles. The summed E-state index contributed by atoms with van der Waals surface area (Å²) >= 11 is 0. The zero-order valence-electron chi connectivity index (χ0n) is 18.4. The number of fused-ring (bicyclic) bond motifs is 1. The van der Waals surface area contributed by atoms with Gasteiger partial charge in [-0.2, -0.15) is 0 Å². The summed E-state index contributed by atoms with van der Waals surface area (Å²) in [5.41, 5.74) is 2.12. The van der Waals surface area contributed by atoms with Crippen molar-refractivity contribution < 1.29 is 14.9 Å². The number of aromatic nitrogens is 1. The monoisotopic (exact) mass is 401 g/mol. The maximum absolute atomic E-state index is 10.4. The smallest absolute Gasteiger partial charge is 0.213 e. The van der Waals surface area contributed by atoms with Gasteiger partial charge in [-0.3, -0.25) is 0 Å². The normalized spacial score (nSPS) is 39.3. The Morgan fingerprint density at radius 3 is 2.62 bits per heavy atom. The zero-order chi connectivity index (χ0) is 21.1. The molecule has 1 heterocycles. The number of hydrogen-bond acceptors (Lipinski definition) is 4. The molecule has 29 heavy (non-hydrogen) atoms. The maximum atomic E-state index is 10.4. The number of rotatable bonds is 4. The molecule has 0 bridgehead atoms. The van der Waals surface area contributed by atoms with Gasteiger partial charge in [-0.15, -0.1) is 0 Å². The van der Waals surface area contributed by atoms with Gasteiger partial charge in [0, 0.05) is 25.3 Å². The Balaban J connectivity index is 0.00000117. The summed E-state index contributed by atoms with van der Waals surface area (Å²) in [6.45, 7) is 9.99. The van der Waals surface area contributed by atoms with Gasteiger partial charge in [0.15, 0.2) is 0 Å². The molecule has 0 amide bonds. The van der Waals surface area contributed by atoms with Gasteiger partial charge in [0.1, 0.15) is 0 Å². The molecule has 3 fully saturated rings. The third-order valence-corrected chi connectivity index (χ3v) is 8.59. The third kappa shape index (κ3) is 4.39. The molecule has 0 aliphatic heterocycles. The molecule has 162 valence electrons. The van der Waals surface area contributed by atoms with E-state index in [2.05, 4.69) is 25.4 Å². The van der Waals surface area contributed by atoms with Gasteiger partial charge in [-0.25, -0.2) is 4.98 Å². The average Bonchev–Trinajstić information content (AvgIpc) is 3.05. The average molecular weight is 402 g/mol. The van der Waals surface area contributed by atoms with E-state index in [1.165, 1.54) is 37.7 Å². The van der Waals surface area contributed by atoms with E-state index in [9.17, 15) is 5.11 Å². The predicted octanol–water partition coefficient (Wildman–Crippen LogP) is 5.01. The molecule has 6 unspecified atom stereocenters. The van der Waals surface area contributed by atoms with Gasteiger partial charge < -0.3 is 14.9 Å². The van der Waals surface area contributed by atoms with E-state index in [1.54, 1.807) is 6.20 Å². The van der Waals surface area contributed by atoms with E-state index in [0.29, 0.717) is 23.8 Å². The van der Waals surface area contributed by atoms with E-state index < -0.39 is 0 Å². The maximum Gasteiger partial charge on any atom is 0.213 e. The second kappa shape index (κ2) is 9.18. The van der Waals surface area contributed by atoms with Crippen LogP contribution in [0, 0.1) is 28.6 Å². The lowest BCUT2D eigenvalue weighted by Crippen LogP contribution is -2.47. The van der Waals surface area contributed by atoms with Gasteiger partial charge in [-0.1, -0.05) is 32.1 Å². The Morgan fingerprint density at radius 2 is 1.90 bits per heavy atom. The Bertz CT molecular complexity index is 678. The lowest BCUT2D eigenvalue weighted by atomic mass is 9.53. The van der Waals surface area contributed by atoms with Crippen LogP contribution in [0.15, 0.2) is 36.5 Å². The summed E-state index contributed by atoms with van der Waals surface area (Å²) in [6, 6.07) is 5.80. The van der Waals surface area contributed by atoms with Crippen LogP contribution in [0.4, 0.5) is 0 Å². The van der Waals surface area contributed by atoms with Gasteiger partial charge >= 0.3 is 0 Å². The van der Waals surface area contributed by atoms with Crippen LogP contribution in [0.25, 0.3) is 0 Å². The van der Waals surface area contributed by atoms with Crippen LogP contribution in [-0.4, -0.2) is 35.0 Å². The molecule has 4 nitrogen and oxygen atoms in total. The first-order valence-corrected chi connectivity index (χ1v) is 11.3. The van der Waals surface area contributed by atoms with Crippen LogP contribution >= 0.6 is 0 Å². The molecule has 1 aromatic heterocycles. The number of aliphatic hydroxyl groups excluding tert-OH is 2. The first-order valence-electron chi connectivity index (χ1n) is 11.3. The highest BCUT2D eigenvalue weighted by Gasteiger charge is 2.52. The van der Waals surface area contributed by atoms with Crippen LogP contribution in [0.2, 0.25) is 0 Å². The highest BCUT2D eigenvalue weighted by atomic mass is 16.5. The SMILES string of the molecule is C=C1CCC2CC(C3(C)CCC(O)CC3COc3ccccn3)CCC12C.CO. The standard InChI is InChI=1S/C24H35NO2.CH4O/c1-17-7-8-18-14-19(9-11-23(17,18)2)24(3)12-10-21(26)15-20(24)16-27-22-6-4-5-13-25-22;1-2/h4-6,13,18-21,26H,1,7-12,14-16H2,2-3H3;2H,1H3. The number of nitrogens with zero attached hydrogens (tertiary/aromatic N) is 1. The Hall–Kier alpha value is -1.39. The van der Waals surface area contributed by atoms with Crippen molar-refractivity contribution in [2.45, 2.75) is 71.3 Å².